The summed E-state index contributed by atoms with van der Waals surface area (Å²) in [4.78, 5) is 24.7. The van der Waals surface area contributed by atoms with Gasteiger partial charge in [-0.05, 0) is 32.0 Å². The van der Waals surface area contributed by atoms with Gasteiger partial charge in [0.2, 0.25) is 5.95 Å². The molecule has 1 fully saturated rings. The van der Waals surface area contributed by atoms with Gasteiger partial charge in [-0.3, -0.25) is 9.69 Å². The molecule has 0 atom stereocenters. The maximum absolute atomic E-state index is 10.4. The topological polar surface area (TPSA) is 72.8 Å². The lowest BCUT2D eigenvalue weighted by Gasteiger charge is -2.32. The van der Waals surface area contributed by atoms with E-state index in [-0.39, 0.29) is 6.54 Å². The van der Waals surface area contributed by atoms with Gasteiger partial charge in [0.25, 0.3) is 0 Å². The second kappa shape index (κ2) is 25.6. The highest BCUT2D eigenvalue weighted by molar-refractivity contribution is 5.72. The lowest BCUT2D eigenvalue weighted by molar-refractivity contribution is -0.135. The van der Waals surface area contributed by atoms with Crippen LogP contribution in [0.2, 0.25) is 0 Å². The van der Waals surface area contributed by atoms with Crippen molar-refractivity contribution in [1.29, 1.82) is 0 Å². The number of piperazine rings is 1. The molecule has 7 nitrogen and oxygen atoms in total. The zero-order chi connectivity index (χ0) is 28.5. The maximum Gasteiger partial charge on any atom is 0.323 e. The predicted molar refractivity (Wildman–Crippen MR) is 157 cm³/mol. The molecule has 1 aromatic heterocycles. The molecule has 2 heterocycles. The number of aliphatic carboxylic acids is 1. The van der Waals surface area contributed by atoms with Crippen LogP contribution in [0.3, 0.4) is 0 Å². The first-order valence-corrected chi connectivity index (χ1v) is 13.5. The van der Waals surface area contributed by atoms with Crippen LogP contribution in [0, 0.1) is 13.8 Å². The Labute approximate surface area is 222 Å². The van der Waals surface area contributed by atoms with E-state index in [1.807, 2.05) is 62.3 Å². The van der Waals surface area contributed by atoms with Crippen LogP contribution in [0.5, 0.6) is 0 Å². The normalized spacial score (nSPS) is 12.2. The largest absolute Gasteiger partial charge is 0.480 e. The Morgan fingerprint density at radius 2 is 1.28 bits per heavy atom. The van der Waals surface area contributed by atoms with Crippen LogP contribution in [0.25, 0.3) is 0 Å². The highest BCUT2D eigenvalue weighted by atomic mass is 16.4. The molecule has 1 N–H and O–H groups in total. The van der Waals surface area contributed by atoms with Gasteiger partial charge in [-0.25, -0.2) is 9.97 Å². The van der Waals surface area contributed by atoms with Gasteiger partial charge in [-0.2, -0.15) is 0 Å². The van der Waals surface area contributed by atoms with E-state index in [9.17, 15) is 4.79 Å². The van der Waals surface area contributed by atoms with Gasteiger partial charge in [0, 0.05) is 52.2 Å². The number of aryl methyl sites for hydroxylation is 2. The molecule has 2 aromatic rings. The highest BCUT2D eigenvalue weighted by Crippen LogP contribution is 2.09. The summed E-state index contributed by atoms with van der Waals surface area (Å²) in [7, 11) is 3.84. The predicted octanol–water partition coefficient (Wildman–Crippen LogP) is 6.15. The molecule has 1 aromatic carbocycles. The average molecular weight is 506 g/mol. The fraction of sp³-hybridized carbons (Fsp3) is 0.621. The summed E-state index contributed by atoms with van der Waals surface area (Å²) in [5.74, 6) is -0.473. The van der Waals surface area contributed by atoms with E-state index in [1.165, 1.54) is 42.2 Å². The van der Waals surface area contributed by atoms with Gasteiger partial charge in [0.05, 0.1) is 0 Å². The van der Waals surface area contributed by atoms with Gasteiger partial charge in [0.1, 0.15) is 6.54 Å². The highest BCUT2D eigenvalue weighted by Gasteiger charge is 2.13. The van der Waals surface area contributed by atoms with Crippen LogP contribution in [0.4, 0.5) is 5.95 Å². The molecular weight excluding hydrogens is 450 g/mol. The number of hydrogen-bond acceptors (Lipinski definition) is 6. The minimum atomic E-state index is -0.897. The van der Waals surface area contributed by atoms with E-state index in [1.54, 1.807) is 19.4 Å². The lowest BCUT2D eigenvalue weighted by Crippen LogP contribution is -2.43. The minimum Gasteiger partial charge on any atom is -0.480 e. The molecule has 7 heteroatoms. The Hall–Kier alpha value is -2.51. The summed E-state index contributed by atoms with van der Waals surface area (Å²) in [6.45, 7) is 25.8. The van der Waals surface area contributed by atoms with Crippen molar-refractivity contribution in [1.82, 2.24) is 19.8 Å². The number of anilines is 1. The standard InChI is InChI=1S/C13H20N2.C8H11N3O2.4C2H6/c1-12-3-5-13(6-4-12)11-15-9-7-14(2)8-10-15;1-6-3-9-8(10-4-6)11(2)5-7(12)13;4*1-2/h3-6H,7-11H2,1-2H3;3-4H,5H2,1-2H3,(H,12,13);4*1-2H3. The average Bonchev–Trinajstić information content (AvgIpc) is 2.92. The third-order valence-electron chi connectivity index (χ3n) is 4.60. The molecule has 0 aliphatic carbocycles. The van der Waals surface area contributed by atoms with Gasteiger partial charge in [0.15, 0.2) is 0 Å². The second-order valence-corrected chi connectivity index (χ2v) is 7.38. The summed E-state index contributed by atoms with van der Waals surface area (Å²) >= 11 is 0. The molecule has 36 heavy (non-hydrogen) atoms. The summed E-state index contributed by atoms with van der Waals surface area (Å²) in [6, 6.07) is 8.89. The molecule has 0 radical (unpaired) electrons. The van der Waals surface area contributed by atoms with Crippen LogP contribution in [-0.2, 0) is 11.3 Å². The number of rotatable bonds is 5. The minimum absolute atomic E-state index is 0.0942. The van der Waals surface area contributed by atoms with Crippen LogP contribution < -0.4 is 4.90 Å². The van der Waals surface area contributed by atoms with Crippen molar-refractivity contribution < 1.29 is 9.90 Å². The Balaban J connectivity index is -0.000000477. The number of carbonyl (C=O) groups is 1. The SMILES string of the molecule is CC.CC.CC.CC.Cc1ccc(CN2CCN(C)CC2)cc1.Cc1cnc(N(C)CC(=O)O)nc1. The Bertz CT molecular complexity index is 728. The third-order valence-corrected chi connectivity index (χ3v) is 4.60. The fourth-order valence-electron chi connectivity index (χ4n) is 2.81. The fourth-order valence-corrected chi connectivity index (χ4v) is 2.81. The van der Waals surface area contributed by atoms with E-state index < -0.39 is 5.97 Å². The number of benzene rings is 1. The van der Waals surface area contributed by atoms with Crippen LogP contribution >= 0.6 is 0 Å². The van der Waals surface area contributed by atoms with Crippen molar-refractivity contribution >= 4 is 11.9 Å². The van der Waals surface area contributed by atoms with E-state index in [2.05, 4.69) is 58.0 Å². The molecular formula is C29H55N5O2. The van der Waals surface area contributed by atoms with Crippen molar-refractivity contribution in [2.45, 2.75) is 75.8 Å². The summed E-state index contributed by atoms with van der Waals surface area (Å²) in [5.41, 5.74) is 3.73. The molecule has 1 saturated heterocycles. The molecule has 0 spiro atoms. The van der Waals surface area contributed by atoms with Crippen molar-refractivity contribution in [2.24, 2.45) is 0 Å². The first-order valence-electron chi connectivity index (χ1n) is 13.5. The number of hydrogen-bond donors (Lipinski definition) is 1. The van der Waals surface area contributed by atoms with Gasteiger partial charge in [-0.15, -0.1) is 0 Å². The second-order valence-electron chi connectivity index (χ2n) is 7.38. The van der Waals surface area contributed by atoms with E-state index in [0.29, 0.717) is 5.95 Å². The molecule has 0 bridgehead atoms. The number of aromatic nitrogens is 2. The van der Waals surface area contributed by atoms with Gasteiger partial charge in [-0.1, -0.05) is 85.2 Å². The Morgan fingerprint density at radius 3 is 1.69 bits per heavy atom. The van der Waals surface area contributed by atoms with Crippen LogP contribution in [0.1, 0.15) is 72.1 Å². The van der Waals surface area contributed by atoms with Gasteiger partial charge < -0.3 is 14.9 Å². The summed E-state index contributed by atoms with van der Waals surface area (Å²) < 4.78 is 0. The van der Waals surface area contributed by atoms with Crippen molar-refractivity contribution in [3.63, 3.8) is 0 Å². The van der Waals surface area contributed by atoms with Crippen molar-refractivity contribution in [3.8, 4) is 0 Å². The van der Waals surface area contributed by atoms with Crippen molar-refractivity contribution in [2.75, 3.05) is 51.7 Å². The number of carboxylic acid groups (broad SMARTS) is 1. The molecule has 0 unspecified atom stereocenters. The number of nitrogens with zero attached hydrogens (tertiary/aromatic N) is 5. The molecule has 208 valence electrons. The van der Waals surface area contributed by atoms with Gasteiger partial charge >= 0.3 is 5.97 Å². The third kappa shape index (κ3) is 18.8. The molecule has 1 aliphatic heterocycles. The van der Waals surface area contributed by atoms with Crippen molar-refractivity contribution in [3.05, 3.63) is 53.3 Å². The number of likely N-dealkylation sites (N-methyl/N-ethyl adjacent to an activating group) is 2. The first-order chi connectivity index (χ1) is 17.3. The van der Waals surface area contributed by atoms with E-state index >= 15 is 0 Å². The monoisotopic (exact) mass is 505 g/mol. The summed E-state index contributed by atoms with van der Waals surface area (Å²) in [5, 5.41) is 8.50. The van der Waals surface area contributed by atoms with Crippen LogP contribution in [0.15, 0.2) is 36.7 Å². The molecule has 3 rings (SSSR count). The molecule has 1 aliphatic rings. The first kappa shape index (κ1) is 38.0. The van der Waals surface area contributed by atoms with Crippen LogP contribution in [-0.4, -0.2) is 77.7 Å². The Kier molecular flexibility index (Phi) is 27.0. The quantitative estimate of drug-likeness (QED) is 0.522. The zero-order valence-corrected chi connectivity index (χ0v) is 25.3. The van der Waals surface area contributed by atoms with E-state index in [0.717, 1.165) is 12.1 Å². The summed E-state index contributed by atoms with van der Waals surface area (Å²) in [6.07, 6.45) is 3.31. The lowest BCUT2D eigenvalue weighted by atomic mass is 10.1. The number of carboxylic acids is 1. The zero-order valence-electron chi connectivity index (χ0n) is 25.3. The smallest absolute Gasteiger partial charge is 0.323 e. The van der Waals surface area contributed by atoms with E-state index in [4.69, 9.17) is 5.11 Å². The molecule has 0 saturated carbocycles. The molecule has 0 amide bonds. The Morgan fingerprint density at radius 1 is 0.833 bits per heavy atom. The maximum atomic E-state index is 10.4.